The number of benzene rings is 1. The van der Waals surface area contributed by atoms with Crippen LogP contribution in [0.3, 0.4) is 0 Å². The molecule has 1 rings (SSSR count). The van der Waals surface area contributed by atoms with Gasteiger partial charge in [-0.25, -0.2) is 0 Å². The van der Waals surface area contributed by atoms with Crippen molar-refractivity contribution in [2.24, 2.45) is 0 Å². The zero-order chi connectivity index (χ0) is 16.7. The molecule has 0 aliphatic heterocycles. The van der Waals surface area contributed by atoms with Gasteiger partial charge in [0.25, 0.3) is 5.69 Å². The fraction of sp³-hybridized carbons (Fsp3) is 0.385. The molecule has 1 aromatic rings. The van der Waals surface area contributed by atoms with Crippen molar-refractivity contribution in [1.82, 2.24) is 4.90 Å². The molecule has 0 aliphatic rings. The molecular weight excluding hydrogens is 314 g/mol. The predicted octanol–water partition coefficient (Wildman–Crippen LogP) is 1.98. The van der Waals surface area contributed by atoms with Gasteiger partial charge >= 0.3 is 5.97 Å². The Morgan fingerprint density at radius 2 is 2.09 bits per heavy atom. The van der Waals surface area contributed by atoms with Crippen LogP contribution in [0.2, 0.25) is 5.02 Å². The summed E-state index contributed by atoms with van der Waals surface area (Å²) in [5.41, 5.74) is -0.0803. The number of anilines is 1. The first-order chi connectivity index (χ1) is 10.3. The molecular formula is C13H16ClN3O5. The van der Waals surface area contributed by atoms with Crippen molar-refractivity contribution < 1.29 is 19.6 Å². The molecule has 2 N–H and O–H groups in total. The van der Waals surface area contributed by atoms with Gasteiger partial charge in [-0.15, -0.1) is 0 Å². The standard InChI is InChI=1S/C13H16ClN3O5/c1-2-5-16(8-13(19)20)7-12(18)15-9-3-4-10(14)11(6-9)17(21)22/h3-4,6H,2,5,7-8H2,1H3,(H,15,18)(H,19,20). The van der Waals surface area contributed by atoms with Crippen LogP contribution in [-0.4, -0.2) is 46.4 Å². The fourth-order valence-corrected chi connectivity index (χ4v) is 2.04. The highest BCUT2D eigenvalue weighted by molar-refractivity contribution is 6.32. The summed E-state index contributed by atoms with van der Waals surface area (Å²) >= 11 is 5.68. The van der Waals surface area contributed by atoms with Crippen molar-refractivity contribution in [3.63, 3.8) is 0 Å². The molecule has 0 bridgehead atoms. The third-order valence-corrected chi connectivity index (χ3v) is 3.01. The van der Waals surface area contributed by atoms with Crippen molar-refractivity contribution >= 4 is 34.9 Å². The van der Waals surface area contributed by atoms with Crippen molar-refractivity contribution in [2.75, 3.05) is 25.0 Å². The Morgan fingerprint density at radius 1 is 1.41 bits per heavy atom. The first-order valence-corrected chi connectivity index (χ1v) is 6.89. The molecule has 0 spiro atoms. The van der Waals surface area contributed by atoms with E-state index in [1.165, 1.54) is 17.0 Å². The van der Waals surface area contributed by atoms with Gasteiger partial charge in [-0.2, -0.15) is 0 Å². The van der Waals surface area contributed by atoms with Gasteiger partial charge in [-0.05, 0) is 25.1 Å². The number of carbonyl (C=O) groups excluding carboxylic acids is 1. The van der Waals surface area contributed by atoms with Crippen LogP contribution in [-0.2, 0) is 9.59 Å². The number of hydrogen-bond donors (Lipinski definition) is 2. The Morgan fingerprint density at radius 3 is 2.64 bits per heavy atom. The number of amides is 1. The van der Waals surface area contributed by atoms with Gasteiger partial charge in [0, 0.05) is 11.8 Å². The molecule has 22 heavy (non-hydrogen) atoms. The van der Waals surface area contributed by atoms with Crippen LogP contribution in [0.5, 0.6) is 0 Å². The number of halogens is 1. The molecule has 0 saturated carbocycles. The zero-order valence-corrected chi connectivity index (χ0v) is 12.7. The lowest BCUT2D eigenvalue weighted by atomic mass is 10.2. The van der Waals surface area contributed by atoms with Crippen LogP contribution in [0.4, 0.5) is 11.4 Å². The number of nitrogens with one attached hydrogen (secondary N) is 1. The minimum atomic E-state index is -1.02. The maximum Gasteiger partial charge on any atom is 0.317 e. The van der Waals surface area contributed by atoms with E-state index in [9.17, 15) is 19.7 Å². The van der Waals surface area contributed by atoms with E-state index in [2.05, 4.69) is 5.32 Å². The minimum Gasteiger partial charge on any atom is -0.480 e. The lowest BCUT2D eigenvalue weighted by Crippen LogP contribution is -2.37. The Labute approximate surface area is 131 Å². The predicted molar refractivity (Wildman–Crippen MR) is 81.1 cm³/mol. The Hall–Kier alpha value is -2.19. The van der Waals surface area contributed by atoms with Crippen molar-refractivity contribution in [1.29, 1.82) is 0 Å². The molecule has 0 aliphatic carbocycles. The van der Waals surface area contributed by atoms with E-state index in [-0.39, 0.29) is 29.5 Å². The van der Waals surface area contributed by atoms with E-state index in [1.54, 1.807) is 0 Å². The third-order valence-electron chi connectivity index (χ3n) is 2.69. The highest BCUT2D eigenvalue weighted by atomic mass is 35.5. The maximum absolute atomic E-state index is 11.9. The lowest BCUT2D eigenvalue weighted by Gasteiger charge is -2.18. The van der Waals surface area contributed by atoms with Gasteiger partial charge in [0.1, 0.15) is 5.02 Å². The SMILES string of the molecule is CCCN(CC(=O)O)CC(=O)Nc1ccc(Cl)c([N+](=O)[O-])c1. The highest BCUT2D eigenvalue weighted by Gasteiger charge is 2.16. The Balaban J connectivity index is 2.73. The lowest BCUT2D eigenvalue weighted by molar-refractivity contribution is -0.384. The number of carboxylic acid groups (broad SMARTS) is 1. The summed E-state index contributed by atoms with van der Waals surface area (Å²) in [6.07, 6.45) is 0.701. The summed E-state index contributed by atoms with van der Waals surface area (Å²) in [7, 11) is 0. The van der Waals surface area contributed by atoms with Crippen LogP contribution in [0.25, 0.3) is 0 Å². The zero-order valence-electron chi connectivity index (χ0n) is 11.9. The van der Waals surface area contributed by atoms with E-state index in [0.717, 1.165) is 6.07 Å². The van der Waals surface area contributed by atoms with Gasteiger partial charge in [0.15, 0.2) is 0 Å². The fourth-order valence-electron chi connectivity index (χ4n) is 1.86. The third kappa shape index (κ3) is 5.66. The molecule has 9 heteroatoms. The molecule has 0 heterocycles. The monoisotopic (exact) mass is 329 g/mol. The molecule has 0 fully saturated rings. The molecule has 0 aromatic heterocycles. The largest absolute Gasteiger partial charge is 0.480 e. The van der Waals surface area contributed by atoms with Gasteiger partial charge in [-0.3, -0.25) is 24.6 Å². The summed E-state index contributed by atoms with van der Waals surface area (Å²) in [5.74, 6) is -1.48. The summed E-state index contributed by atoms with van der Waals surface area (Å²) in [5, 5.41) is 22.0. The molecule has 1 amide bonds. The maximum atomic E-state index is 11.9. The van der Waals surface area contributed by atoms with Crippen LogP contribution in [0.15, 0.2) is 18.2 Å². The van der Waals surface area contributed by atoms with E-state index < -0.39 is 16.8 Å². The summed E-state index contributed by atoms with van der Waals surface area (Å²) in [4.78, 5) is 34.2. The smallest absolute Gasteiger partial charge is 0.317 e. The van der Waals surface area contributed by atoms with Gasteiger partial charge < -0.3 is 10.4 Å². The van der Waals surface area contributed by atoms with Crippen LogP contribution >= 0.6 is 11.6 Å². The minimum absolute atomic E-state index is 0.0264. The van der Waals surface area contributed by atoms with Crippen LogP contribution in [0, 0.1) is 10.1 Å². The van der Waals surface area contributed by atoms with E-state index >= 15 is 0 Å². The second kappa shape index (κ2) is 8.30. The molecule has 120 valence electrons. The first-order valence-electron chi connectivity index (χ1n) is 6.51. The number of nitro benzene ring substituents is 1. The van der Waals surface area contributed by atoms with E-state index in [1.807, 2.05) is 6.92 Å². The average molecular weight is 330 g/mol. The van der Waals surface area contributed by atoms with E-state index in [4.69, 9.17) is 16.7 Å². The number of carboxylic acids is 1. The highest BCUT2D eigenvalue weighted by Crippen LogP contribution is 2.27. The number of aliphatic carboxylic acids is 1. The quantitative estimate of drug-likeness (QED) is 0.557. The normalized spacial score (nSPS) is 10.5. The number of carbonyl (C=O) groups is 2. The molecule has 0 radical (unpaired) electrons. The van der Waals surface area contributed by atoms with Crippen LogP contribution in [0.1, 0.15) is 13.3 Å². The molecule has 0 saturated heterocycles. The summed E-state index contributed by atoms with van der Waals surface area (Å²) < 4.78 is 0. The second-order valence-corrected chi connectivity index (χ2v) is 4.98. The number of nitrogens with zero attached hydrogens (tertiary/aromatic N) is 2. The van der Waals surface area contributed by atoms with E-state index in [0.29, 0.717) is 13.0 Å². The average Bonchev–Trinajstić information content (AvgIpc) is 2.40. The van der Waals surface area contributed by atoms with Crippen molar-refractivity contribution in [2.45, 2.75) is 13.3 Å². The summed E-state index contributed by atoms with van der Waals surface area (Å²) in [6.45, 7) is 1.97. The molecule has 0 atom stereocenters. The second-order valence-electron chi connectivity index (χ2n) is 4.58. The topological polar surface area (TPSA) is 113 Å². The van der Waals surface area contributed by atoms with Crippen molar-refractivity contribution in [3.05, 3.63) is 33.3 Å². The molecule has 8 nitrogen and oxygen atoms in total. The molecule has 1 aromatic carbocycles. The van der Waals surface area contributed by atoms with Gasteiger partial charge in [-0.1, -0.05) is 18.5 Å². The Kier molecular flexibility index (Phi) is 6.74. The number of nitro groups is 1. The summed E-state index contributed by atoms with van der Waals surface area (Å²) in [6, 6.07) is 3.91. The first kappa shape index (κ1) is 17.9. The van der Waals surface area contributed by atoms with Gasteiger partial charge in [0.2, 0.25) is 5.91 Å². The van der Waals surface area contributed by atoms with Crippen LogP contribution < -0.4 is 5.32 Å². The number of hydrogen-bond acceptors (Lipinski definition) is 5. The van der Waals surface area contributed by atoms with Crippen molar-refractivity contribution in [3.8, 4) is 0 Å². The van der Waals surface area contributed by atoms with Gasteiger partial charge in [0.05, 0.1) is 18.0 Å². The Bertz CT molecular complexity index is 579. The molecule has 0 unspecified atom stereocenters. The number of rotatable bonds is 8.